The first-order valence-electron chi connectivity index (χ1n) is 7.05. The first-order chi connectivity index (χ1) is 8.84. The van der Waals surface area contributed by atoms with Crippen LogP contribution in [-0.2, 0) is 0 Å². The topological polar surface area (TPSA) is 35.5 Å². The number of piperidine rings is 1. The smallest absolute Gasteiger partial charge is 0.382 e. The second kappa shape index (κ2) is 7.45. The SMILES string of the molecule is CCCN1CCCC(C(C)NCC(O)C(F)(F)F)C1. The maximum Gasteiger partial charge on any atom is 0.415 e. The lowest BCUT2D eigenvalue weighted by molar-refractivity contribution is -0.202. The van der Waals surface area contributed by atoms with E-state index in [1.54, 1.807) is 0 Å². The molecule has 1 aliphatic rings. The Morgan fingerprint density at radius 2 is 2.11 bits per heavy atom. The van der Waals surface area contributed by atoms with Gasteiger partial charge >= 0.3 is 6.18 Å². The van der Waals surface area contributed by atoms with Gasteiger partial charge in [0.1, 0.15) is 0 Å². The van der Waals surface area contributed by atoms with E-state index in [1.165, 1.54) is 0 Å². The summed E-state index contributed by atoms with van der Waals surface area (Å²) in [6.07, 6.45) is -3.57. The maximum atomic E-state index is 12.2. The minimum atomic E-state index is -4.53. The quantitative estimate of drug-likeness (QED) is 0.782. The fourth-order valence-electron chi connectivity index (χ4n) is 2.60. The average Bonchev–Trinajstić information content (AvgIpc) is 2.35. The summed E-state index contributed by atoms with van der Waals surface area (Å²) >= 11 is 0. The Labute approximate surface area is 113 Å². The number of likely N-dealkylation sites (tertiary alicyclic amines) is 1. The Balaban J connectivity index is 2.34. The number of hydrogen-bond donors (Lipinski definition) is 2. The summed E-state index contributed by atoms with van der Waals surface area (Å²) in [6.45, 7) is 6.68. The molecule has 3 nitrogen and oxygen atoms in total. The van der Waals surface area contributed by atoms with E-state index >= 15 is 0 Å². The van der Waals surface area contributed by atoms with Gasteiger partial charge in [0.05, 0.1) is 0 Å². The maximum absolute atomic E-state index is 12.2. The van der Waals surface area contributed by atoms with Crippen LogP contribution in [0.3, 0.4) is 0 Å². The molecule has 6 heteroatoms. The Bertz CT molecular complexity index is 259. The third-order valence-electron chi connectivity index (χ3n) is 3.80. The van der Waals surface area contributed by atoms with Gasteiger partial charge in [-0.25, -0.2) is 0 Å². The van der Waals surface area contributed by atoms with Crippen molar-refractivity contribution in [2.24, 2.45) is 5.92 Å². The molecule has 1 saturated heterocycles. The van der Waals surface area contributed by atoms with Gasteiger partial charge in [-0.2, -0.15) is 13.2 Å². The van der Waals surface area contributed by atoms with Gasteiger partial charge in [0.15, 0.2) is 6.10 Å². The molecule has 0 aromatic rings. The molecular weight excluding hydrogens is 257 g/mol. The monoisotopic (exact) mass is 282 g/mol. The molecule has 0 aromatic carbocycles. The lowest BCUT2D eigenvalue weighted by atomic mass is 9.91. The molecule has 1 heterocycles. The van der Waals surface area contributed by atoms with Gasteiger partial charge in [-0.3, -0.25) is 0 Å². The van der Waals surface area contributed by atoms with Crippen molar-refractivity contribution in [1.29, 1.82) is 0 Å². The molecule has 3 unspecified atom stereocenters. The van der Waals surface area contributed by atoms with E-state index in [-0.39, 0.29) is 6.04 Å². The van der Waals surface area contributed by atoms with Gasteiger partial charge in [-0.05, 0) is 45.2 Å². The fourth-order valence-corrected chi connectivity index (χ4v) is 2.60. The van der Waals surface area contributed by atoms with Crippen LogP contribution < -0.4 is 5.32 Å². The number of aliphatic hydroxyl groups is 1. The van der Waals surface area contributed by atoms with E-state index in [0.29, 0.717) is 5.92 Å². The summed E-state index contributed by atoms with van der Waals surface area (Å²) in [5.41, 5.74) is 0. The second-order valence-corrected chi connectivity index (χ2v) is 5.46. The van der Waals surface area contributed by atoms with Crippen molar-refractivity contribution in [3.63, 3.8) is 0 Å². The molecule has 0 aromatic heterocycles. The molecule has 0 aliphatic carbocycles. The van der Waals surface area contributed by atoms with Crippen molar-refractivity contribution in [3.8, 4) is 0 Å². The molecule has 19 heavy (non-hydrogen) atoms. The van der Waals surface area contributed by atoms with E-state index < -0.39 is 18.8 Å². The number of rotatable bonds is 6. The second-order valence-electron chi connectivity index (χ2n) is 5.46. The molecule has 0 bridgehead atoms. The average molecular weight is 282 g/mol. The number of nitrogens with one attached hydrogen (secondary N) is 1. The van der Waals surface area contributed by atoms with Crippen molar-refractivity contribution in [2.45, 2.75) is 51.4 Å². The van der Waals surface area contributed by atoms with Crippen molar-refractivity contribution in [1.82, 2.24) is 10.2 Å². The number of halogens is 3. The number of hydrogen-bond acceptors (Lipinski definition) is 3. The van der Waals surface area contributed by atoms with Crippen LogP contribution in [0.2, 0.25) is 0 Å². The van der Waals surface area contributed by atoms with E-state index in [9.17, 15) is 13.2 Å². The van der Waals surface area contributed by atoms with Crippen LogP contribution in [0.4, 0.5) is 13.2 Å². The first kappa shape index (κ1) is 16.7. The summed E-state index contributed by atoms with van der Waals surface area (Å²) in [4.78, 5) is 2.37. The van der Waals surface area contributed by atoms with Gasteiger partial charge in [-0.15, -0.1) is 0 Å². The highest BCUT2D eigenvalue weighted by Crippen LogP contribution is 2.22. The number of alkyl halides is 3. The molecule has 3 atom stereocenters. The molecule has 2 N–H and O–H groups in total. The number of nitrogens with zero attached hydrogens (tertiary/aromatic N) is 1. The van der Waals surface area contributed by atoms with Gasteiger partial charge in [0, 0.05) is 19.1 Å². The lowest BCUT2D eigenvalue weighted by Crippen LogP contribution is -2.48. The summed E-state index contributed by atoms with van der Waals surface area (Å²) in [5.74, 6) is 0.362. The normalized spacial score (nSPS) is 25.3. The van der Waals surface area contributed by atoms with Gasteiger partial charge in [0.2, 0.25) is 0 Å². The van der Waals surface area contributed by atoms with E-state index in [0.717, 1.165) is 38.9 Å². The standard InChI is InChI=1S/C13H25F3N2O/c1-3-6-18-7-4-5-11(9-18)10(2)17-8-12(19)13(14,15)16/h10-12,17,19H,3-9H2,1-2H3. The van der Waals surface area contributed by atoms with Crippen LogP contribution >= 0.6 is 0 Å². The zero-order valence-corrected chi connectivity index (χ0v) is 11.7. The minimum Gasteiger partial charge on any atom is -0.382 e. The molecule has 0 radical (unpaired) electrons. The summed E-state index contributed by atoms with van der Waals surface area (Å²) in [6, 6.07) is -0.00310. The van der Waals surface area contributed by atoms with Crippen molar-refractivity contribution in [2.75, 3.05) is 26.2 Å². The van der Waals surface area contributed by atoms with E-state index in [4.69, 9.17) is 5.11 Å². The highest BCUT2D eigenvalue weighted by atomic mass is 19.4. The van der Waals surface area contributed by atoms with Crippen LogP contribution in [0.1, 0.15) is 33.1 Å². The Hall–Kier alpha value is -0.330. The van der Waals surface area contributed by atoms with Crippen molar-refractivity contribution in [3.05, 3.63) is 0 Å². The predicted molar refractivity (Wildman–Crippen MR) is 69.0 cm³/mol. The summed E-state index contributed by atoms with van der Waals surface area (Å²) < 4.78 is 36.6. The fraction of sp³-hybridized carbons (Fsp3) is 1.00. The summed E-state index contributed by atoms with van der Waals surface area (Å²) in [7, 11) is 0. The molecule has 1 aliphatic heterocycles. The molecule has 1 rings (SSSR count). The van der Waals surface area contributed by atoms with E-state index in [2.05, 4.69) is 17.1 Å². The third-order valence-corrected chi connectivity index (χ3v) is 3.80. The zero-order chi connectivity index (χ0) is 14.5. The van der Waals surface area contributed by atoms with Gasteiger partial charge < -0.3 is 15.3 Å². The Morgan fingerprint density at radius 3 is 2.68 bits per heavy atom. The minimum absolute atomic E-state index is 0.00310. The lowest BCUT2D eigenvalue weighted by Gasteiger charge is -2.36. The van der Waals surface area contributed by atoms with Gasteiger partial charge in [0.25, 0.3) is 0 Å². The van der Waals surface area contributed by atoms with Crippen LogP contribution in [0.15, 0.2) is 0 Å². The molecule has 114 valence electrons. The third kappa shape index (κ3) is 5.67. The first-order valence-corrected chi connectivity index (χ1v) is 7.05. The molecular formula is C13H25F3N2O. The highest BCUT2D eigenvalue weighted by molar-refractivity contribution is 4.81. The van der Waals surface area contributed by atoms with Crippen molar-refractivity contribution >= 4 is 0 Å². The van der Waals surface area contributed by atoms with E-state index in [1.807, 2.05) is 6.92 Å². The van der Waals surface area contributed by atoms with Crippen LogP contribution in [0, 0.1) is 5.92 Å². The molecule has 0 saturated carbocycles. The predicted octanol–water partition coefficient (Wildman–Crippen LogP) is 2.01. The van der Waals surface area contributed by atoms with Crippen LogP contribution in [0.25, 0.3) is 0 Å². The molecule has 1 fully saturated rings. The van der Waals surface area contributed by atoms with Crippen LogP contribution in [0.5, 0.6) is 0 Å². The van der Waals surface area contributed by atoms with Crippen molar-refractivity contribution < 1.29 is 18.3 Å². The van der Waals surface area contributed by atoms with Crippen LogP contribution in [-0.4, -0.2) is 54.5 Å². The zero-order valence-electron chi connectivity index (χ0n) is 11.7. The molecule has 0 spiro atoms. The van der Waals surface area contributed by atoms with Gasteiger partial charge in [-0.1, -0.05) is 6.92 Å². The number of aliphatic hydroxyl groups excluding tert-OH is 1. The largest absolute Gasteiger partial charge is 0.415 e. The Morgan fingerprint density at radius 1 is 1.42 bits per heavy atom. The Kier molecular flexibility index (Phi) is 6.56. The molecule has 0 amide bonds. The summed E-state index contributed by atoms with van der Waals surface area (Å²) in [5, 5.41) is 11.8. The highest BCUT2D eigenvalue weighted by Gasteiger charge is 2.38.